The number of fused-ring (bicyclic) bond motifs is 6. The van der Waals surface area contributed by atoms with E-state index >= 15 is 0 Å². The maximum atomic E-state index is 2.48. The number of hydrogen-bond donors (Lipinski definition) is 0. The summed E-state index contributed by atoms with van der Waals surface area (Å²) < 4.78 is 0. The summed E-state index contributed by atoms with van der Waals surface area (Å²) in [5.74, 6) is 0. The average Bonchev–Trinajstić information content (AvgIpc) is 3.46. The molecule has 2 nitrogen and oxygen atoms in total. The molecular formula is C72H54N2. The van der Waals surface area contributed by atoms with E-state index in [1.807, 2.05) is 0 Å². The molecule has 1 aliphatic carbocycles. The highest BCUT2D eigenvalue weighted by Gasteiger charge is 2.39. The number of nitrogens with zero attached hydrogens (tertiary/aromatic N) is 2. The van der Waals surface area contributed by atoms with E-state index in [0.29, 0.717) is 0 Å². The van der Waals surface area contributed by atoms with Gasteiger partial charge >= 0.3 is 0 Å². The Morgan fingerprint density at radius 2 is 0.514 bits per heavy atom. The van der Waals surface area contributed by atoms with E-state index in [9.17, 15) is 0 Å². The van der Waals surface area contributed by atoms with Crippen LogP contribution in [0.25, 0.3) is 88.3 Å². The van der Waals surface area contributed by atoms with Crippen LogP contribution in [0.5, 0.6) is 0 Å². The van der Waals surface area contributed by atoms with Crippen molar-refractivity contribution in [1.82, 2.24) is 0 Å². The fourth-order valence-corrected chi connectivity index (χ4v) is 11.7. The van der Waals surface area contributed by atoms with Gasteiger partial charge in [0.1, 0.15) is 0 Å². The topological polar surface area (TPSA) is 6.48 Å². The van der Waals surface area contributed by atoms with E-state index in [4.69, 9.17) is 0 Å². The largest absolute Gasteiger partial charge is 0.310 e. The monoisotopic (exact) mass is 946 g/mol. The molecule has 0 saturated carbocycles. The van der Waals surface area contributed by atoms with E-state index in [0.717, 1.165) is 28.4 Å². The van der Waals surface area contributed by atoms with Gasteiger partial charge in [0.25, 0.3) is 0 Å². The van der Waals surface area contributed by atoms with Crippen molar-refractivity contribution >= 4 is 55.7 Å². The first-order chi connectivity index (χ1) is 36.4. The Labute approximate surface area is 434 Å². The van der Waals surface area contributed by atoms with Gasteiger partial charge < -0.3 is 9.80 Å². The van der Waals surface area contributed by atoms with Gasteiger partial charge in [0.2, 0.25) is 0 Å². The van der Waals surface area contributed by atoms with Crippen LogP contribution in [0.15, 0.2) is 273 Å². The van der Waals surface area contributed by atoms with Crippen LogP contribution in [-0.4, -0.2) is 0 Å². The molecule has 0 aliphatic heterocycles. The quantitative estimate of drug-likeness (QED) is 0.135. The number of rotatable bonds is 10. The summed E-state index contributed by atoms with van der Waals surface area (Å²) in [4.78, 5) is 4.85. The lowest BCUT2D eigenvalue weighted by atomic mass is 9.65. The van der Waals surface area contributed by atoms with Crippen LogP contribution in [-0.2, 0) is 5.41 Å². The second-order valence-corrected chi connectivity index (χ2v) is 20.4. The van der Waals surface area contributed by atoms with Gasteiger partial charge in [-0.1, -0.05) is 227 Å². The van der Waals surface area contributed by atoms with Crippen molar-refractivity contribution in [1.29, 1.82) is 0 Å². The first-order valence-corrected chi connectivity index (χ1v) is 25.8. The van der Waals surface area contributed by atoms with Gasteiger partial charge in [-0.3, -0.25) is 0 Å². The number of benzene rings is 12. The minimum Gasteiger partial charge on any atom is -0.310 e. The van der Waals surface area contributed by atoms with Gasteiger partial charge in [0.15, 0.2) is 0 Å². The minimum atomic E-state index is -0.0992. The summed E-state index contributed by atoms with van der Waals surface area (Å²) in [7, 11) is 0. The third-order valence-electron chi connectivity index (χ3n) is 14.8. The summed E-state index contributed by atoms with van der Waals surface area (Å²) in [6, 6.07) is 100. The molecule has 0 amide bonds. The molecule has 0 radical (unpaired) electrons. The third kappa shape index (κ3) is 7.58. The SMILES string of the molecule is CC(C)(C)c1ccccc1N(c1ccccc1)c1ccc2c(-c3ccccc3)c3c(c(-c4ccccc4)c2c1)-c1c-3c(-c2ccccc2)c2cc(N(c3ccccc3)c3ccccc3)ccc2c1-c1ccccc1. The van der Waals surface area contributed by atoms with Crippen LogP contribution in [0.3, 0.4) is 0 Å². The van der Waals surface area contributed by atoms with E-state index in [1.165, 1.54) is 99.6 Å². The summed E-state index contributed by atoms with van der Waals surface area (Å²) in [5, 5.41) is 4.85. The van der Waals surface area contributed by atoms with Crippen LogP contribution in [0.2, 0.25) is 0 Å². The lowest BCUT2D eigenvalue weighted by molar-refractivity contribution is 0.591. The first kappa shape index (κ1) is 44.7. The molecule has 0 saturated heterocycles. The summed E-state index contributed by atoms with van der Waals surface area (Å²) >= 11 is 0. The van der Waals surface area contributed by atoms with Crippen molar-refractivity contribution in [2.24, 2.45) is 0 Å². The van der Waals surface area contributed by atoms with Gasteiger partial charge in [-0.15, -0.1) is 0 Å². The van der Waals surface area contributed by atoms with Crippen molar-refractivity contribution in [3.8, 4) is 66.8 Å². The van der Waals surface area contributed by atoms with Gasteiger partial charge in [0, 0.05) is 34.1 Å². The van der Waals surface area contributed by atoms with Gasteiger partial charge in [-0.25, -0.2) is 0 Å². The molecule has 12 aromatic rings. The normalized spacial score (nSPS) is 11.7. The van der Waals surface area contributed by atoms with Gasteiger partial charge in [-0.2, -0.15) is 0 Å². The van der Waals surface area contributed by atoms with Crippen LogP contribution < -0.4 is 9.80 Å². The predicted molar refractivity (Wildman–Crippen MR) is 316 cm³/mol. The smallest absolute Gasteiger partial charge is 0.0498 e. The van der Waals surface area contributed by atoms with E-state index in [1.54, 1.807) is 0 Å². The van der Waals surface area contributed by atoms with Crippen LogP contribution in [0.4, 0.5) is 34.1 Å². The molecule has 74 heavy (non-hydrogen) atoms. The summed E-state index contributed by atoms with van der Waals surface area (Å²) in [5.41, 5.74) is 22.8. The van der Waals surface area contributed by atoms with Crippen molar-refractivity contribution in [3.05, 3.63) is 279 Å². The van der Waals surface area contributed by atoms with Crippen LogP contribution in [0.1, 0.15) is 26.3 Å². The maximum Gasteiger partial charge on any atom is 0.0498 e. The Balaban J connectivity index is 1.19. The van der Waals surface area contributed by atoms with E-state index < -0.39 is 0 Å². The molecule has 0 unspecified atom stereocenters. The molecule has 0 fully saturated rings. The maximum absolute atomic E-state index is 2.48. The molecule has 352 valence electrons. The molecule has 13 rings (SSSR count). The van der Waals surface area contributed by atoms with Gasteiger partial charge in [-0.05, 0) is 166 Å². The standard InChI is InChI=1S/C72H54N2/c1-72(2,3)62-41-25-26-42-63(62)74(55-39-23-10-24-40-55)57-44-46-59-61(48-57)67(52-33-17-7-18-34-52)71-68-64(49-27-11-4-12-28-49)58-45-43-56(73(53-35-19-8-20-36-53)54-37-21-9-22-38-54)47-60(58)66(51-31-15-6-16-32-51)70(68)69(71)65(59)50-29-13-5-14-30-50/h4-48H,1-3H3. The highest BCUT2D eigenvalue weighted by molar-refractivity contribution is 6.33. The van der Waals surface area contributed by atoms with Crippen LogP contribution >= 0.6 is 0 Å². The molecule has 2 heteroatoms. The lowest BCUT2D eigenvalue weighted by Crippen LogP contribution is -2.19. The predicted octanol–water partition coefficient (Wildman–Crippen LogP) is 20.5. The zero-order valence-corrected chi connectivity index (χ0v) is 41.9. The molecule has 0 atom stereocenters. The van der Waals surface area contributed by atoms with Gasteiger partial charge in [0.05, 0.1) is 0 Å². The molecule has 1 aliphatic rings. The zero-order valence-electron chi connectivity index (χ0n) is 41.9. The Bertz CT molecular complexity index is 3960. The van der Waals surface area contributed by atoms with E-state index in [2.05, 4.69) is 304 Å². The fraction of sp³-hybridized carbons (Fsp3) is 0.0556. The Hall–Kier alpha value is -9.24. The summed E-state index contributed by atoms with van der Waals surface area (Å²) in [6.07, 6.45) is 0. The van der Waals surface area contributed by atoms with Crippen LogP contribution in [0, 0.1) is 0 Å². The van der Waals surface area contributed by atoms with Crippen molar-refractivity contribution < 1.29 is 0 Å². The third-order valence-corrected chi connectivity index (χ3v) is 14.8. The lowest BCUT2D eigenvalue weighted by Gasteiger charge is -2.38. The second kappa shape index (κ2) is 18.4. The molecule has 0 N–H and O–H groups in total. The van der Waals surface area contributed by atoms with E-state index in [-0.39, 0.29) is 5.41 Å². The minimum absolute atomic E-state index is 0.0992. The number of para-hydroxylation sites is 4. The first-order valence-electron chi connectivity index (χ1n) is 25.8. The number of hydrogen-bond acceptors (Lipinski definition) is 2. The Morgan fingerprint density at radius 3 is 0.865 bits per heavy atom. The fourth-order valence-electron chi connectivity index (χ4n) is 11.7. The molecule has 0 heterocycles. The van der Waals surface area contributed by atoms with Crippen molar-refractivity contribution in [2.75, 3.05) is 9.80 Å². The highest BCUT2D eigenvalue weighted by atomic mass is 15.1. The Kier molecular flexibility index (Phi) is 11.1. The highest BCUT2D eigenvalue weighted by Crippen LogP contribution is 2.66. The molecule has 0 bridgehead atoms. The molecule has 12 aromatic carbocycles. The Morgan fingerprint density at radius 1 is 0.230 bits per heavy atom. The molecule has 0 spiro atoms. The number of anilines is 6. The van der Waals surface area contributed by atoms with Crippen molar-refractivity contribution in [3.63, 3.8) is 0 Å². The molecular weight excluding hydrogens is 893 g/mol. The zero-order chi connectivity index (χ0) is 49.8. The van der Waals surface area contributed by atoms with Crippen molar-refractivity contribution in [2.45, 2.75) is 26.2 Å². The second-order valence-electron chi connectivity index (χ2n) is 20.4. The molecule has 0 aromatic heterocycles. The average molecular weight is 947 g/mol. The summed E-state index contributed by atoms with van der Waals surface area (Å²) in [6.45, 7) is 6.94.